The number of pyridine rings is 1. The number of imidazole rings is 1. The van der Waals surface area contributed by atoms with Crippen molar-refractivity contribution < 1.29 is 13.9 Å². The average molecular weight is 537 g/mol. The van der Waals surface area contributed by atoms with Crippen LogP contribution in [0.3, 0.4) is 0 Å². The minimum atomic E-state index is -0.508. The van der Waals surface area contributed by atoms with Gasteiger partial charge in [-0.05, 0) is 63.6 Å². The number of hydrogen-bond acceptors (Lipinski definition) is 7. The third-order valence-corrected chi connectivity index (χ3v) is 7.43. The van der Waals surface area contributed by atoms with Crippen LogP contribution in [0.25, 0.3) is 16.9 Å². The summed E-state index contributed by atoms with van der Waals surface area (Å²) in [6.45, 7) is 10.3. The van der Waals surface area contributed by atoms with Gasteiger partial charge in [0, 0.05) is 50.4 Å². The zero-order chi connectivity index (χ0) is 27.0. The zero-order valence-corrected chi connectivity index (χ0v) is 23.3. The monoisotopic (exact) mass is 536 g/mol. The number of thiazole rings is 1. The summed E-state index contributed by atoms with van der Waals surface area (Å²) in [5.74, 6) is 0.707. The van der Waals surface area contributed by atoms with Crippen LogP contribution < -0.4 is 9.80 Å². The van der Waals surface area contributed by atoms with Gasteiger partial charge in [-0.1, -0.05) is 6.92 Å². The molecule has 0 bridgehead atoms. The van der Waals surface area contributed by atoms with Gasteiger partial charge in [-0.3, -0.25) is 4.40 Å². The number of hydrogen-bond donors (Lipinski definition) is 0. The topological polar surface area (TPSA) is 66.2 Å². The maximum Gasteiger partial charge on any atom is 0.410 e. The van der Waals surface area contributed by atoms with E-state index in [1.807, 2.05) is 45.5 Å². The van der Waals surface area contributed by atoms with E-state index in [1.54, 1.807) is 28.4 Å². The zero-order valence-electron chi connectivity index (χ0n) is 22.4. The van der Waals surface area contributed by atoms with Gasteiger partial charge < -0.3 is 19.4 Å². The summed E-state index contributed by atoms with van der Waals surface area (Å²) >= 11 is 1.54. The van der Waals surface area contributed by atoms with Crippen molar-refractivity contribution in [3.63, 3.8) is 0 Å². The van der Waals surface area contributed by atoms with Crippen LogP contribution >= 0.6 is 11.3 Å². The molecule has 1 fully saturated rings. The molecule has 3 aromatic heterocycles. The first-order chi connectivity index (χ1) is 18.1. The molecule has 0 unspecified atom stereocenters. The van der Waals surface area contributed by atoms with E-state index in [2.05, 4.69) is 27.2 Å². The Kier molecular flexibility index (Phi) is 7.00. The maximum atomic E-state index is 13.4. The summed E-state index contributed by atoms with van der Waals surface area (Å²) in [7, 11) is 2.00. The van der Waals surface area contributed by atoms with Crippen LogP contribution in [0, 0.1) is 5.82 Å². The number of amides is 1. The number of carbonyl (C=O) groups excluding carboxylic acids is 1. The van der Waals surface area contributed by atoms with E-state index in [0.717, 1.165) is 45.7 Å². The van der Waals surface area contributed by atoms with E-state index >= 15 is 0 Å². The Balaban J connectivity index is 1.40. The highest BCUT2D eigenvalue weighted by atomic mass is 32.1. The first-order valence-electron chi connectivity index (χ1n) is 12.8. The Bertz CT molecular complexity index is 1430. The Hall–Kier alpha value is -3.66. The minimum Gasteiger partial charge on any atom is -0.444 e. The van der Waals surface area contributed by atoms with Crippen LogP contribution in [-0.4, -0.2) is 64.2 Å². The lowest BCUT2D eigenvalue weighted by Crippen LogP contribution is -2.50. The predicted octanol–water partition coefficient (Wildman–Crippen LogP) is 5.98. The van der Waals surface area contributed by atoms with Gasteiger partial charge in [0.25, 0.3) is 0 Å². The second-order valence-corrected chi connectivity index (χ2v) is 11.2. The molecule has 1 aliphatic heterocycles. The number of halogens is 1. The highest BCUT2D eigenvalue weighted by Crippen LogP contribution is 2.35. The number of rotatable bonds is 5. The molecule has 0 aliphatic carbocycles. The average Bonchev–Trinajstić information content (AvgIpc) is 3.53. The number of nitrogens with zero attached hydrogens (tertiary/aromatic N) is 6. The largest absolute Gasteiger partial charge is 0.444 e. The number of anilines is 3. The van der Waals surface area contributed by atoms with Gasteiger partial charge in [-0.25, -0.2) is 19.2 Å². The van der Waals surface area contributed by atoms with Crippen molar-refractivity contribution in [1.29, 1.82) is 0 Å². The fraction of sp³-hybridized carbons (Fsp3) is 0.393. The van der Waals surface area contributed by atoms with Crippen molar-refractivity contribution in [1.82, 2.24) is 19.3 Å². The van der Waals surface area contributed by atoms with Gasteiger partial charge in [-0.2, -0.15) is 0 Å². The van der Waals surface area contributed by atoms with Crippen LogP contribution in [-0.2, 0) is 11.2 Å². The number of piperazine rings is 1. The second-order valence-electron chi connectivity index (χ2n) is 10.4. The molecular weight excluding hydrogens is 503 g/mol. The lowest BCUT2D eigenvalue weighted by atomic mass is 10.2. The molecule has 8 nitrogen and oxygen atoms in total. The third kappa shape index (κ3) is 5.18. The molecule has 4 aromatic rings. The summed E-state index contributed by atoms with van der Waals surface area (Å²) in [5, 5.41) is 2.82. The predicted molar refractivity (Wildman–Crippen MR) is 150 cm³/mol. The van der Waals surface area contributed by atoms with Gasteiger partial charge >= 0.3 is 6.09 Å². The van der Waals surface area contributed by atoms with Crippen molar-refractivity contribution in [3.8, 4) is 11.3 Å². The fourth-order valence-electron chi connectivity index (χ4n) is 4.65. The molecule has 0 spiro atoms. The van der Waals surface area contributed by atoms with Crippen LogP contribution in [0.15, 0.2) is 48.0 Å². The normalized spacial score (nSPS) is 14.3. The third-order valence-electron chi connectivity index (χ3n) is 6.52. The number of carbonyl (C=O) groups is 1. The number of fused-ring (bicyclic) bond motifs is 1. The Morgan fingerprint density at radius 1 is 1.11 bits per heavy atom. The molecule has 1 aromatic carbocycles. The van der Waals surface area contributed by atoms with Gasteiger partial charge in [0.15, 0.2) is 10.8 Å². The van der Waals surface area contributed by atoms with Gasteiger partial charge in [0.2, 0.25) is 0 Å². The Morgan fingerprint density at radius 3 is 2.47 bits per heavy atom. The summed E-state index contributed by atoms with van der Waals surface area (Å²) in [6.07, 6.45) is 2.53. The van der Waals surface area contributed by atoms with Crippen molar-refractivity contribution in [2.45, 2.75) is 39.7 Å². The summed E-state index contributed by atoms with van der Waals surface area (Å²) < 4.78 is 21.0. The van der Waals surface area contributed by atoms with Gasteiger partial charge in [-0.15, -0.1) is 11.3 Å². The molecule has 0 N–H and O–H groups in total. The van der Waals surface area contributed by atoms with Crippen molar-refractivity contribution in [2.75, 3.05) is 43.0 Å². The fourth-order valence-corrected chi connectivity index (χ4v) is 5.45. The highest BCUT2D eigenvalue weighted by molar-refractivity contribution is 7.14. The lowest BCUT2D eigenvalue weighted by Gasteiger charge is -2.36. The number of aryl methyl sites for hydroxylation is 1. The summed E-state index contributed by atoms with van der Waals surface area (Å²) in [5.41, 5.74) is 4.08. The molecule has 1 amide bonds. The van der Waals surface area contributed by atoms with Crippen LogP contribution in [0.5, 0.6) is 0 Å². The Labute approximate surface area is 226 Å². The molecule has 0 radical (unpaired) electrons. The van der Waals surface area contributed by atoms with Gasteiger partial charge in [0.05, 0.1) is 17.1 Å². The first kappa shape index (κ1) is 26.0. The molecular formula is C28H33FN6O2S. The van der Waals surface area contributed by atoms with E-state index < -0.39 is 5.60 Å². The highest BCUT2D eigenvalue weighted by Gasteiger charge is 2.28. The van der Waals surface area contributed by atoms with Crippen molar-refractivity contribution in [2.24, 2.45) is 0 Å². The number of ether oxygens (including phenoxy) is 1. The SMILES string of the molecule is CCc1nc2c(N3CCN(C(=O)OC(C)(C)C)CC3)cccn2c1N(C)c1nc(-c2ccc(F)cc2)cs1. The van der Waals surface area contributed by atoms with E-state index in [4.69, 9.17) is 14.7 Å². The molecule has 38 heavy (non-hydrogen) atoms. The molecule has 4 heterocycles. The minimum absolute atomic E-state index is 0.262. The van der Waals surface area contributed by atoms with E-state index in [9.17, 15) is 9.18 Å². The van der Waals surface area contributed by atoms with Crippen molar-refractivity contribution >= 4 is 39.7 Å². The lowest BCUT2D eigenvalue weighted by molar-refractivity contribution is 0.0240. The molecule has 200 valence electrons. The standard InChI is InChI=1S/C28H33FN6O2S/c1-6-21-25(32(5)26-31-22(18-38-26)19-9-11-20(29)12-10-19)35-13-7-8-23(24(35)30-21)33-14-16-34(17-15-33)27(36)37-28(2,3)4/h7-13,18H,6,14-17H2,1-5H3. The van der Waals surface area contributed by atoms with Gasteiger partial charge in [0.1, 0.15) is 17.2 Å². The molecule has 0 saturated carbocycles. The summed E-state index contributed by atoms with van der Waals surface area (Å²) in [4.78, 5) is 28.5. The molecule has 5 rings (SSSR count). The molecule has 1 aliphatic rings. The number of benzene rings is 1. The maximum absolute atomic E-state index is 13.4. The molecule has 0 atom stereocenters. The van der Waals surface area contributed by atoms with Crippen LogP contribution in [0.4, 0.5) is 25.8 Å². The molecule has 1 saturated heterocycles. The van der Waals surface area contributed by atoms with Crippen molar-refractivity contribution in [3.05, 3.63) is 59.5 Å². The van der Waals surface area contributed by atoms with E-state index in [0.29, 0.717) is 26.2 Å². The smallest absolute Gasteiger partial charge is 0.410 e. The van der Waals surface area contributed by atoms with E-state index in [-0.39, 0.29) is 11.9 Å². The Morgan fingerprint density at radius 2 is 1.82 bits per heavy atom. The summed E-state index contributed by atoms with van der Waals surface area (Å²) in [6, 6.07) is 10.5. The van der Waals surface area contributed by atoms with Crippen LogP contribution in [0.1, 0.15) is 33.4 Å². The quantitative estimate of drug-likeness (QED) is 0.312. The second kappa shape index (κ2) is 10.2. The molecule has 10 heteroatoms. The van der Waals surface area contributed by atoms with Crippen LogP contribution in [0.2, 0.25) is 0 Å². The van der Waals surface area contributed by atoms with E-state index in [1.165, 1.54) is 12.1 Å². The first-order valence-corrected chi connectivity index (χ1v) is 13.7. The number of aromatic nitrogens is 3.